The smallest absolute Gasteiger partial charge is 0.229 e. The molecule has 0 spiro atoms. The van der Waals surface area contributed by atoms with Gasteiger partial charge in [-0.1, -0.05) is 6.42 Å². The second kappa shape index (κ2) is 5.02. The van der Waals surface area contributed by atoms with Crippen LogP contribution in [0.1, 0.15) is 37.1 Å². The van der Waals surface area contributed by atoms with E-state index in [4.69, 9.17) is 5.73 Å². The van der Waals surface area contributed by atoms with Gasteiger partial charge in [0.25, 0.3) is 0 Å². The van der Waals surface area contributed by atoms with E-state index in [-0.39, 0.29) is 11.3 Å². The van der Waals surface area contributed by atoms with Gasteiger partial charge in [-0.2, -0.15) is 0 Å². The van der Waals surface area contributed by atoms with Gasteiger partial charge in [-0.3, -0.25) is 10.1 Å². The number of aromatic nitrogens is 2. The van der Waals surface area contributed by atoms with Crippen molar-refractivity contribution in [3.05, 3.63) is 17.5 Å². The second-order valence-corrected chi connectivity index (χ2v) is 5.26. The Morgan fingerprint density at radius 1 is 1.39 bits per heavy atom. The van der Waals surface area contributed by atoms with Crippen molar-refractivity contribution in [2.45, 2.75) is 39.5 Å². The van der Waals surface area contributed by atoms with Gasteiger partial charge in [0.1, 0.15) is 0 Å². The van der Waals surface area contributed by atoms with Crippen LogP contribution >= 0.6 is 0 Å². The summed E-state index contributed by atoms with van der Waals surface area (Å²) in [5, 5.41) is 2.77. The van der Waals surface area contributed by atoms with E-state index in [1.54, 1.807) is 0 Å². The lowest BCUT2D eigenvalue weighted by atomic mass is 9.66. The zero-order valence-corrected chi connectivity index (χ0v) is 11.0. The zero-order chi connectivity index (χ0) is 13.2. The molecule has 5 nitrogen and oxygen atoms in total. The Bertz CT molecular complexity index is 429. The summed E-state index contributed by atoms with van der Waals surface area (Å²) in [5.41, 5.74) is 7.48. The number of rotatable bonds is 4. The predicted molar refractivity (Wildman–Crippen MR) is 70.1 cm³/mol. The third-order valence-corrected chi connectivity index (χ3v) is 3.62. The van der Waals surface area contributed by atoms with E-state index in [0.717, 1.165) is 24.2 Å². The molecule has 0 unspecified atom stereocenters. The molecule has 1 amide bonds. The molecule has 3 N–H and O–H groups in total. The maximum atomic E-state index is 12.0. The maximum Gasteiger partial charge on any atom is 0.229 e. The Labute approximate surface area is 107 Å². The lowest BCUT2D eigenvalue weighted by Crippen LogP contribution is -2.40. The number of nitrogens with zero attached hydrogens (tertiary/aromatic N) is 2. The van der Waals surface area contributed by atoms with Gasteiger partial charge in [-0.25, -0.2) is 9.97 Å². The van der Waals surface area contributed by atoms with E-state index in [9.17, 15) is 4.79 Å². The van der Waals surface area contributed by atoms with E-state index in [2.05, 4.69) is 15.3 Å². The minimum atomic E-state index is -0.0369. The highest BCUT2D eigenvalue weighted by atomic mass is 16.1. The normalized spacial score (nSPS) is 17.1. The summed E-state index contributed by atoms with van der Waals surface area (Å²) in [6.45, 7) is 4.35. The molecule has 18 heavy (non-hydrogen) atoms. The molecule has 0 bridgehead atoms. The summed E-state index contributed by atoms with van der Waals surface area (Å²) in [6, 6.07) is 1.88. The van der Waals surface area contributed by atoms with E-state index < -0.39 is 0 Å². The number of carbonyl (C=O) groups excluding carboxylic acids is 1. The van der Waals surface area contributed by atoms with E-state index >= 15 is 0 Å². The molecule has 1 fully saturated rings. The van der Waals surface area contributed by atoms with Crippen molar-refractivity contribution in [2.75, 3.05) is 11.9 Å². The van der Waals surface area contributed by atoms with Crippen molar-refractivity contribution in [3.63, 3.8) is 0 Å². The third kappa shape index (κ3) is 2.85. The Hall–Kier alpha value is -1.49. The van der Waals surface area contributed by atoms with Crippen LogP contribution in [0.2, 0.25) is 0 Å². The molecule has 98 valence electrons. The van der Waals surface area contributed by atoms with Crippen molar-refractivity contribution in [3.8, 4) is 0 Å². The van der Waals surface area contributed by atoms with Crippen LogP contribution in [0.5, 0.6) is 0 Å². The Kier molecular flexibility index (Phi) is 3.61. The van der Waals surface area contributed by atoms with Gasteiger partial charge in [0.05, 0.1) is 0 Å². The summed E-state index contributed by atoms with van der Waals surface area (Å²) in [6.07, 6.45) is 3.74. The minimum Gasteiger partial charge on any atom is -0.330 e. The number of aryl methyl sites for hydroxylation is 2. The highest BCUT2D eigenvalue weighted by molar-refractivity contribution is 5.89. The van der Waals surface area contributed by atoms with Crippen molar-refractivity contribution >= 4 is 11.9 Å². The minimum absolute atomic E-state index is 0.0168. The Morgan fingerprint density at radius 3 is 2.44 bits per heavy atom. The molecule has 1 aliphatic rings. The highest BCUT2D eigenvalue weighted by Gasteiger charge is 2.37. The first kappa shape index (κ1) is 13.0. The standard InChI is InChI=1S/C13H20N4O/c1-9-6-10(2)16-12(15-9)17-11(18)7-13(8-14)4-3-5-13/h6H,3-5,7-8,14H2,1-2H3,(H,15,16,17,18). The second-order valence-electron chi connectivity index (χ2n) is 5.26. The van der Waals surface area contributed by atoms with Crippen LogP contribution in [0.4, 0.5) is 5.95 Å². The van der Waals surface area contributed by atoms with Gasteiger partial charge < -0.3 is 5.73 Å². The molecule has 1 aliphatic carbocycles. The van der Waals surface area contributed by atoms with Gasteiger partial charge >= 0.3 is 0 Å². The number of nitrogens with one attached hydrogen (secondary N) is 1. The summed E-state index contributed by atoms with van der Waals surface area (Å²) < 4.78 is 0. The fourth-order valence-electron chi connectivity index (χ4n) is 2.42. The molecule has 5 heteroatoms. The van der Waals surface area contributed by atoms with E-state index in [1.807, 2.05) is 19.9 Å². The average molecular weight is 248 g/mol. The highest BCUT2D eigenvalue weighted by Crippen LogP contribution is 2.42. The molecule has 0 aliphatic heterocycles. The first-order valence-corrected chi connectivity index (χ1v) is 6.35. The molecular formula is C13H20N4O. The Morgan fingerprint density at radius 2 is 2.00 bits per heavy atom. The van der Waals surface area contributed by atoms with Gasteiger partial charge in [-0.05, 0) is 44.7 Å². The topological polar surface area (TPSA) is 80.9 Å². The van der Waals surface area contributed by atoms with Crippen molar-refractivity contribution in [1.82, 2.24) is 9.97 Å². The number of carbonyl (C=O) groups is 1. The lowest BCUT2D eigenvalue weighted by molar-refractivity contribution is -0.119. The number of hydrogen-bond acceptors (Lipinski definition) is 4. The molecule has 0 radical (unpaired) electrons. The van der Waals surface area contributed by atoms with Gasteiger partial charge in [0, 0.05) is 17.8 Å². The number of amides is 1. The molecule has 1 aromatic rings. The fraction of sp³-hybridized carbons (Fsp3) is 0.615. The van der Waals surface area contributed by atoms with Crippen molar-refractivity contribution in [1.29, 1.82) is 0 Å². The van der Waals surface area contributed by atoms with Gasteiger partial charge in [-0.15, -0.1) is 0 Å². The SMILES string of the molecule is Cc1cc(C)nc(NC(=O)CC2(CN)CCC2)n1. The van der Waals surface area contributed by atoms with Gasteiger partial charge in [0.15, 0.2) is 0 Å². The molecule has 0 saturated heterocycles. The molecular weight excluding hydrogens is 228 g/mol. The molecule has 0 atom stereocenters. The quantitative estimate of drug-likeness (QED) is 0.847. The van der Waals surface area contributed by atoms with Crippen LogP contribution in [0.25, 0.3) is 0 Å². The first-order chi connectivity index (χ1) is 8.53. The lowest BCUT2D eigenvalue weighted by Gasteiger charge is -2.40. The Balaban J connectivity index is 1.98. The zero-order valence-electron chi connectivity index (χ0n) is 11.0. The summed E-state index contributed by atoms with van der Waals surface area (Å²) in [7, 11) is 0. The average Bonchev–Trinajstić information content (AvgIpc) is 2.21. The fourth-order valence-corrected chi connectivity index (χ4v) is 2.42. The summed E-state index contributed by atoms with van der Waals surface area (Å²) in [5.74, 6) is 0.356. The predicted octanol–water partition coefficient (Wildman–Crippen LogP) is 1.55. The van der Waals surface area contributed by atoms with Crippen LogP contribution in [-0.2, 0) is 4.79 Å². The van der Waals surface area contributed by atoms with Crippen LogP contribution < -0.4 is 11.1 Å². The molecule has 2 rings (SSSR count). The molecule has 1 saturated carbocycles. The number of hydrogen-bond donors (Lipinski definition) is 2. The largest absolute Gasteiger partial charge is 0.330 e. The summed E-state index contributed by atoms with van der Waals surface area (Å²) >= 11 is 0. The van der Waals surface area contributed by atoms with Crippen LogP contribution in [0, 0.1) is 19.3 Å². The van der Waals surface area contributed by atoms with E-state index in [0.29, 0.717) is 18.9 Å². The molecule has 1 heterocycles. The van der Waals surface area contributed by atoms with E-state index in [1.165, 1.54) is 6.42 Å². The van der Waals surface area contributed by atoms with Crippen LogP contribution in [0.15, 0.2) is 6.07 Å². The summed E-state index contributed by atoms with van der Waals surface area (Å²) in [4.78, 5) is 20.4. The van der Waals surface area contributed by atoms with Crippen molar-refractivity contribution in [2.24, 2.45) is 11.1 Å². The third-order valence-electron chi connectivity index (χ3n) is 3.62. The molecule has 1 aromatic heterocycles. The van der Waals surface area contributed by atoms with Gasteiger partial charge in [0.2, 0.25) is 11.9 Å². The molecule has 0 aromatic carbocycles. The first-order valence-electron chi connectivity index (χ1n) is 6.35. The number of nitrogens with two attached hydrogens (primary N) is 1. The van der Waals surface area contributed by atoms with Crippen LogP contribution in [-0.4, -0.2) is 22.4 Å². The van der Waals surface area contributed by atoms with Crippen molar-refractivity contribution < 1.29 is 4.79 Å². The maximum absolute atomic E-state index is 12.0. The number of anilines is 1. The van der Waals surface area contributed by atoms with Crippen LogP contribution in [0.3, 0.4) is 0 Å². The monoisotopic (exact) mass is 248 g/mol.